The van der Waals surface area contributed by atoms with E-state index in [9.17, 15) is 14.4 Å². The number of allylic oxidation sites excluding steroid dienone is 4. The second-order valence-electron chi connectivity index (χ2n) is 20.6. The summed E-state index contributed by atoms with van der Waals surface area (Å²) in [7, 11) is 0. The summed E-state index contributed by atoms with van der Waals surface area (Å²) in [6.45, 7) is 6.68. The number of carbonyl (C=O) groups excluding carboxylic acids is 3. The van der Waals surface area contributed by atoms with E-state index in [0.717, 1.165) is 64.2 Å². The smallest absolute Gasteiger partial charge is 0.306 e. The molecule has 0 fully saturated rings. The highest BCUT2D eigenvalue weighted by atomic mass is 16.6. The molecule has 68 heavy (non-hydrogen) atoms. The predicted octanol–water partition coefficient (Wildman–Crippen LogP) is 20.3. The quantitative estimate of drug-likeness (QED) is 0.0262. The number of esters is 3. The molecule has 0 amide bonds. The van der Waals surface area contributed by atoms with E-state index < -0.39 is 6.10 Å². The van der Waals surface area contributed by atoms with Crippen LogP contribution in [0.4, 0.5) is 0 Å². The summed E-state index contributed by atoms with van der Waals surface area (Å²) in [6, 6.07) is 0. The van der Waals surface area contributed by atoms with Crippen LogP contribution in [0.2, 0.25) is 0 Å². The van der Waals surface area contributed by atoms with Crippen molar-refractivity contribution in [2.45, 2.75) is 341 Å². The Morgan fingerprint density at radius 2 is 0.485 bits per heavy atom. The Morgan fingerprint density at radius 3 is 0.735 bits per heavy atom. The van der Waals surface area contributed by atoms with Gasteiger partial charge in [-0.3, -0.25) is 14.4 Å². The number of carbonyl (C=O) groups is 3. The number of rotatable bonds is 56. The minimum absolute atomic E-state index is 0.0713. The van der Waals surface area contributed by atoms with E-state index in [1.54, 1.807) is 0 Å². The molecule has 0 bridgehead atoms. The zero-order chi connectivity index (χ0) is 49.3. The van der Waals surface area contributed by atoms with Gasteiger partial charge >= 0.3 is 17.9 Å². The molecule has 0 aliphatic rings. The van der Waals surface area contributed by atoms with E-state index >= 15 is 0 Å². The zero-order valence-corrected chi connectivity index (χ0v) is 45.9. The molecule has 0 saturated heterocycles. The lowest BCUT2D eigenvalue weighted by molar-refractivity contribution is -0.167. The maximum absolute atomic E-state index is 12.9. The van der Waals surface area contributed by atoms with Crippen molar-refractivity contribution in [1.82, 2.24) is 0 Å². The highest BCUT2D eigenvalue weighted by molar-refractivity contribution is 5.71. The lowest BCUT2D eigenvalue weighted by Crippen LogP contribution is -2.30. The van der Waals surface area contributed by atoms with E-state index in [0.29, 0.717) is 19.3 Å². The van der Waals surface area contributed by atoms with Crippen molar-refractivity contribution in [2.75, 3.05) is 13.2 Å². The van der Waals surface area contributed by atoms with Crippen molar-refractivity contribution in [3.63, 3.8) is 0 Å². The van der Waals surface area contributed by atoms with Crippen LogP contribution in [-0.4, -0.2) is 37.2 Å². The molecule has 400 valence electrons. The molecule has 0 aliphatic carbocycles. The Bertz CT molecular complexity index is 1100. The van der Waals surface area contributed by atoms with Crippen LogP contribution in [-0.2, 0) is 28.6 Å². The van der Waals surface area contributed by atoms with Gasteiger partial charge in [0, 0.05) is 19.3 Å². The van der Waals surface area contributed by atoms with Crippen LogP contribution >= 0.6 is 0 Å². The molecule has 0 aromatic heterocycles. The lowest BCUT2D eigenvalue weighted by atomic mass is 10.0. The van der Waals surface area contributed by atoms with Crippen molar-refractivity contribution < 1.29 is 28.6 Å². The first-order chi connectivity index (χ1) is 33.5. The summed E-state index contributed by atoms with van der Waals surface area (Å²) in [6.07, 6.45) is 67.4. The van der Waals surface area contributed by atoms with Crippen LogP contribution in [0.15, 0.2) is 24.3 Å². The van der Waals surface area contributed by atoms with Crippen LogP contribution < -0.4 is 0 Å². The molecule has 0 heterocycles. The van der Waals surface area contributed by atoms with Crippen LogP contribution in [0.3, 0.4) is 0 Å². The first-order valence-corrected chi connectivity index (χ1v) is 30.3. The lowest BCUT2D eigenvalue weighted by Gasteiger charge is -2.18. The minimum Gasteiger partial charge on any atom is -0.462 e. The van der Waals surface area contributed by atoms with Gasteiger partial charge in [-0.2, -0.15) is 0 Å². The summed E-state index contributed by atoms with van der Waals surface area (Å²) < 4.78 is 16.9. The minimum atomic E-state index is -0.774. The third-order valence-corrected chi connectivity index (χ3v) is 13.7. The molecule has 6 nitrogen and oxygen atoms in total. The van der Waals surface area contributed by atoms with Gasteiger partial charge in [0.2, 0.25) is 0 Å². The van der Waals surface area contributed by atoms with Gasteiger partial charge in [-0.25, -0.2) is 0 Å². The maximum Gasteiger partial charge on any atom is 0.306 e. The van der Waals surface area contributed by atoms with Gasteiger partial charge in [0.25, 0.3) is 0 Å². The molecule has 0 spiro atoms. The standard InChI is InChI=1S/C62H116O6/c1-4-7-10-13-16-19-22-25-28-31-32-35-37-40-43-46-49-52-55-61(64)67-58-59(68-62(65)56-53-50-47-44-41-38-34-30-27-24-21-18-15-12-9-6-3)57-66-60(63)54-51-48-45-42-39-36-33-29-26-23-20-17-14-11-8-5-2/h28,30-31,34,59H,4-27,29,32-33,35-58H2,1-3H3/b31-28-,34-30-. The van der Waals surface area contributed by atoms with E-state index in [1.807, 2.05) is 0 Å². The first-order valence-electron chi connectivity index (χ1n) is 30.3. The molecule has 0 radical (unpaired) electrons. The molecule has 0 aromatic rings. The average Bonchev–Trinajstić information content (AvgIpc) is 3.34. The van der Waals surface area contributed by atoms with Crippen LogP contribution in [0.5, 0.6) is 0 Å². The summed E-state index contributed by atoms with van der Waals surface area (Å²) in [5.41, 5.74) is 0. The first kappa shape index (κ1) is 65.9. The SMILES string of the molecule is CCCCCCCCC/C=C\CCCCCCCCCC(=O)OCC(COC(=O)CCCCCCCCCCCCCCCCCC)OC(=O)CCCCCCC/C=C\CCCCCCCCC. The summed E-state index contributed by atoms with van der Waals surface area (Å²) >= 11 is 0. The summed E-state index contributed by atoms with van der Waals surface area (Å²) in [5.74, 6) is -0.861. The maximum atomic E-state index is 12.9. The van der Waals surface area contributed by atoms with Crippen molar-refractivity contribution in [2.24, 2.45) is 0 Å². The molecule has 0 rings (SSSR count). The van der Waals surface area contributed by atoms with Crippen molar-refractivity contribution >= 4 is 17.9 Å². The Morgan fingerprint density at radius 1 is 0.279 bits per heavy atom. The normalized spacial score (nSPS) is 12.1. The molecule has 0 aromatic carbocycles. The molecule has 0 aliphatic heterocycles. The highest BCUT2D eigenvalue weighted by Crippen LogP contribution is 2.17. The second-order valence-corrected chi connectivity index (χ2v) is 20.6. The van der Waals surface area contributed by atoms with E-state index in [-0.39, 0.29) is 31.1 Å². The van der Waals surface area contributed by atoms with E-state index in [4.69, 9.17) is 14.2 Å². The van der Waals surface area contributed by atoms with Crippen LogP contribution in [0.1, 0.15) is 335 Å². The van der Waals surface area contributed by atoms with Gasteiger partial charge in [-0.15, -0.1) is 0 Å². The molecule has 6 heteroatoms. The van der Waals surface area contributed by atoms with E-state index in [1.165, 1.54) is 231 Å². The number of hydrogen-bond acceptors (Lipinski definition) is 6. The van der Waals surface area contributed by atoms with Gasteiger partial charge in [0.15, 0.2) is 6.10 Å². The average molecular weight is 958 g/mol. The Hall–Kier alpha value is -2.11. The number of unbranched alkanes of at least 4 members (excludes halogenated alkanes) is 41. The third-order valence-electron chi connectivity index (χ3n) is 13.7. The number of ether oxygens (including phenoxy) is 3. The monoisotopic (exact) mass is 957 g/mol. The van der Waals surface area contributed by atoms with Crippen molar-refractivity contribution in [1.29, 1.82) is 0 Å². The summed E-state index contributed by atoms with van der Waals surface area (Å²) in [4.78, 5) is 38.2. The summed E-state index contributed by atoms with van der Waals surface area (Å²) in [5, 5.41) is 0. The predicted molar refractivity (Wildman–Crippen MR) is 293 cm³/mol. The molecular formula is C62H116O6. The topological polar surface area (TPSA) is 78.9 Å². The molecule has 1 atom stereocenters. The molecular weight excluding hydrogens is 841 g/mol. The van der Waals surface area contributed by atoms with Crippen LogP contribution in [0.25, 0.3) is 0 Å². The van der Waals surface area contributed by atoms with Gasteiger partial charge in [-0.05, 0) is 70.6 Å². The van der Waals surface area contributed by atoms with Gasteiger partial charge in [0.05, 0.1) is 0 Å². The van der Waals surface area contributed by atoms with Gasteiger partial charge in [0.1, 0.15) is 13.2 Å². The fourth-order valence-corrected chi connectivity index (χ4v) is 9.08. The van der Waals surface area contributed by atoms with Crippen molar-refractivity contribution in [3.05, 3.63) is 24.3 Å². The fourth-order valence-electron chi connectivity index (χ4n) is 9.08. The molecule has 0 N–H and O–H groups in total. The number of hydrogen-bond donors (Lipinski definition) is 0. The van der Waals surface area contributed by atoms with Gasteiger partial charge in [-0.1, -0.05) is 270 Å². The largest absolute Gasteiger partial charge is 0.462 e. The second kappa shape index (κ2) is 57.5. The highest BCUT2D eigenvalue weighted by Gasteiger charge is 2.19. The van der Waals surface area contributed by atoms with Crippen LogP contribution in [0, 0.1) is 0 Å². The molecule has 1 unspecified atom stereocenters. The Labute approximate surface area is 423 Å². The third kappa shape index (κ3) is 54.8. The van der Waals surface area contributed by atoms with E-state index in [2.05, 4.69) is 45.1 Å². The van der Waals surface area contributed by atoms with Gasteiger partial charge < -0.3 is 14.2 Å². The Kier molecular flexibility index (Phi) is 55.7. The Balaban J connectivity index is 4.34. The molecule has 0 saturated carbocycles. The fraction of sp³-hybridized carbons (Fsp3) is 0.887. The zero-order valence-electron chi connectivity index (χ0n) is 45.9. The van der Waals surface area contributed by atoms with Crippen molar-refractivity contribution in [3.8, 4) is 0 Å².